The summed E-state index contributed by atoms with van der Waals surface area (Å²) in [6.45, 7) is 1.19. The van der Waals surface area contributed by atoms with Crippen molar-refractivity contribution in [3.8, 4) is 0 Å². The van der Waals surface area contributed by atoms with Crippen LogP contribution in [0.3, 0.4) is 0 Å². The van der Waals surface area contributed by atoms with Crippen molar-refractivity contribution in [1.29, 1.82) is 0 Å². The number of aromatic nitrogens is 3. The van der Waals surface area contributed by atoms with Gasteiger partial charge in [0.05, 0.1) is 6.42 Å². The number of nitrogens with zero attached hydrogens (tertiary/aromatic N) is 3. The number of carbonyl (C=O) groups is 2. The van der Waals surface area contributed by atoms with Crippen LogP contribution in [0.1, 0.15) is 29.0 Å². The fraction of sp³-hybridized carbons (Fsp3) is 0.350. The highest BCUT2D eigenvalue weighted by Gasteiger charge is 2.30. The molecule has 6 heteroatoms. The van der Waals surface area contributed by atoms with Gasteiger partial charge in [-0.25, -0.2) is 4.98 Å². The Morgan fingerprint density at radius 1 is 1.31 bits per heavy atom. The van der Waals surface area contributed by atoms with Gasteiger partial charge in [0.15, 0.2) is 5.82 Å². The van der Waals surface area contributed by atoms with Gasteiger partial charge in [0.25, 0.3) is 0 Å². The Morgan fingerprint density at radius 3 is 2.96 bits per heavy atom. The highest BCUT2D eigenvalue weighted by Crippen LogP contribution is 2.23. The molecule has 1 aliphatic rings. The van der Waals surface area contributed by atoms with E-state index in [2.05, 4.69) is 9.97 Å². The van der Waals surface area contributed by atoms with E-state index in [4.69, 9.17) is 0 Å². The summed E-state index contributed by atoms with van der Waals surface area (Å²) in [7, 11) is 1.82. The Balaban J connectivity index is 1.46. The van der Waals surface area contributed by atoms with Gasteiger partial charge in [-0.2, -0.15) is 0 Å². The SMILES string of the molecule is Cn1ccnc1C(=O)[C@H]1CCCN(C(=O)Cc2c[nH]c3ccccc23)C1. The summed E-state index contributed by atoms with van der Waals surface area (Å²) in [4.78, 5) is 34.7. The van der Waals surface area contributed by atoms with Gasteiger partial charge < -0.3 is 14.5 Å². The first-order valence-electron chi connectivity index (χ1n) is 8.98. The maximum Gasteiger partial charge on any atom is 0.227 e. The van der Waals surface area contributed by atoms with Crippen LogP contribution < -0.4 is 0 Å². The van der Waals surface area contributed by atoms with Crippen molar-refractivity contribution in [1.82, 2.24) is 19.4 Å². The molecule has 1 saturated heterocycles. The maximum atomic E-state index is 12.8. The number of amides is 1. The van der Waals surface area contributed by atoms with Gasteiger partial charge in [0, 0.05) is 55.5 Å². The van der Waals surface area contributed by atoms with Crippen molar-refractivity contribution in [2.45, 2.75) is 19.3 Å². The minimum absolute atomic E-state index is 0.0297. The molecular formula is C20H22N4O2. The van der Waals surface area contributed by atoms with Crippen LogP contribution in [0, 0.1) is 5.92 Å². The molecule has 1 fully saturated rings. The molecule has 0 unspecified atom stereocenters. The first-order valence-corrected chi connectivity index (χ1v) is 8.98. The summed E-state index contributed by atoms with van der Waals surface area (Å²) in [5, 5.41) is 1.08. The summed E-state index contributed by atoms with van der Waals surface area (Å²) < 4.78 is 1.75. The fourth-order valence-electron chi connectivity index (χ4n) is 3.76. The van der Waals surface area contributed by atoms with Gasteiger partial charge in [0.2, 0.25) is 11.7 Å². The number of hydrogen-bond donors (Lipinski definition) is 1. The minimum Gasteiger partial charge on any atom is -0.361 e. The Morgan fingerprint density at radius 2 is 2.15 bits per heavy atom. The Hall–Kier alpha value is -2.89. The van der Waals surface area contributed by atoms with Crippen LogP contribution in [0.4, 0.5) is 0 Å². The van der Waals surface area contributed by atoms with Gasteiger partial charge in [-0.05, 0) is 24.5 Å². The smallest absolute Gasteiger partial charge is 0.227 e. The first-order chi connectivity index (χ1) is 12.6. The average molecular weight is 350 g/mol. The molecule has 2 aromatic heterocycles. The van der Waals surface area contributed by atoms with E-state index in [1.165, 1.54) is 0 Å². The van der Waals surface area contributed by atoms with Gasteiger partial charge >= 0.3 is 0 Å². The van der Waals surface area contributed by atoms with Crippen LogP contribution >= 0.6 is 0 Å². The number of carbonyl (C=O) groups excluding carboxylic acids is 2. The summed E-state index contributed by atoms with van der Waals surface area (Å²) in [6, 6.07) is 7.99. The number of ketones is 1. The van der Waals surface area contributed by atoms with Crippen LogP contribution in [-0.2, 0) is 18.3 Å². The number of aryl methyl sites for hydroxylation is 1. The second kappa shape index (κ2) is 6.78. The molecule has 4 rings (SSSR count). The highest BCUT2D eigenvalue weighted by molar-refractivity contribution is 5.95. The van der Waals surface area contributed by atoms with Gasteiger partial charge in [0.1, 0.15) is 0 Å². The van der Waals surface area contributed by atoms with E-state index in [-0.39, 0.29) is 17.6 Å². The van der Waals surface area contributed by atoms with E-state index in [0.29, 0.717) is 25.3 Å². The van der Waals surface area contributed by atoms with Crippen LogP contribution in [-0.4, -0.2) is 44.2 Å². The lowest BCUT2D eigenvalue weighted by molar-refractivity contribution is -0.131. The van der Waals surface area contributed by atoms with Gasteiger partial charge in [-0.15, -0.1) is 0 Å². The molecule has 1 aromatic carbocycles. The molecule has 0 spiro atoms. The molecule has 1 amide bonds. The van der Waals surface area contributed by atoms with Crippen LogP contribution in [0.15, 0.2) is 42.9 Å². The van der Waals surface area contributed by atoms with Crippen molar-refractivity contribution in [2.75, 3.05) is 13.1 Å². The number of nitrogens with one attached hydrogen (secondary N) is 1. The fourth-order valence-corrected chi connectivity index (χ4v) is 3.76. The standard InChI is InChI=1S/C20H22N4O2/c1-23-10-8-21-20(23)19(26)14-5-4-9-24(13-14)18(25)11-15-12-22-17-7-3-2-6-16(15)17/h2-3,6-8,10,12,14,22H,4-5,9,11,13H2,1H3/t14-/m0/s1. The number of piperidine rings is 1. The lowest BCUT2D eigenvalue weighted by Gasteiger charge is -2.32. The van der Waals surface area contributed by atoms with E-state index in [0.717, 1.165) is 29.3 Å². The number of hydrogen-bond acceptors (Lipinski definition) is 3. The molecule has 0 radical (unpaired) electrons. The largest absolute Gasteiger partial charge is 0.361 e. The molecule has 0 aliphatic carbocycles. The summed E-state index contributed by atoms with van der Waals surface area (Å²) >= 11 is 0. The van der Waals surface area contributed by atoms with E-state index in [1.54, 1.807) is 17.0 Å². The zero-order valence-corrected chi connectivity index (χ0v) is 14.8. The van der Waals surface area contributed by atoms with Crippen LogP contribution in [0.5, 0.6) is 0 Å². The first kappa shape index (κ1) is 16.6. The second-order valence-electron chi connectivity index (χ2n) is 6.94. The highest BCUT2D eigenvalue weighted by atomic mass is 16.2. The summed E-state index contributed by atoms with van der Waals surface area (Å²) in [5.41, 5.74) is 2.04. The number of imidazole rings is 1. The van der Waals surface area contributed by atoms with Crippen molar-refractivity contribution in [3.05, 3.63) is 54.2 Å². The maximum absolute atomic E-state index is 12.8. The Labute approximate surface area is 151 Å². The van der Waals surface area contributed by atoms with E-state index < -0.39 is 0 Å². The van der Waals surface area contributed by atoms with Gasteiger partial charge in [-0.1, -0.05) is 18.2 Å². The minimum atomic E-state index is -0.170. The molecule has 3 aromatic rings. The number of para-hydroxylation sites is 1. The normalized spacial score (nSPS) is 17.6. The third-order valence-corrected chi connectivity index (χ3v) is 5.20. The lowest BCUT2D eigenvalue weighted by atomic mass is 9.93. The topological polar surface area (TPSA) is 71.0 Å². The predicted octanol–water partition coefficient (Wildman–Crippen LogP) is 2.57. The van der Waals surface area contributed by atoms with E-state index >= 15 is 0 Å². The molecule has 1 atom stereocenters. The zero-order valence-electron chi connectivity index (χ0n) is 14.8. The van der Waals surface area contributed by atoms with Crippen molar-refractivity contribution in [2.24, 2.45) is 13.0 Å². The van der Waals surface area contributed by atoms with Gasteiger partial charge in [-0.3, -0.25) is 9.59 Å². The number of likely N-dealkylation sites (tertiary alicyclic amines) is 1. The zero-order chi connectivity index (χ0) is 18.1. The third-order valence-electron chi connectivity index (χ3n) is 5.20. The van der Waals surface area contributed by atoms with E-state index in [1.807, 2.05) is 42.4 Å². The number of H-pyrrole nitrogens is 1. The molecular weight excluding hydrogens is 328 g/mol. The summed E-state index contributed by atoms with van der Waals surface area (Å²) in [5.74, 6) is 0.409. The summed E-state index contributed by atoms with van der Waals surface area (Å²) in [6.07, 6.45) is 7.32. The molecule has 1 aliphatic heterocycles. The quantitative estimate of drug-likeness (QED) is 0.735. The Kier molecular flexibility index (Phi) is 4.32. The average Bonchev–Trinajstić information content (AvgIpc) is 3.28. The van der Waals surface area contributed by atoms with Crippen LogP contribution in [0.2, 0.25) is 0 Å². The van der Waals surface area contributed by atoms with Crippen molar-refractivity contribution < 1.29 is 9.59 Å². The van der Waals surface area contributed by atoms with E-state index in [9.17, 15) is 9.59 Å². The number of Topliss-reactive ketones (excluding diaryl/α,β-unsaturated/α-hetero) is 1. The number of aromatic amines is 1. The lowest BCUT2D eigenvalue weighted by Crippen LogP contribution is -2.43. The molecule has 0 bridgehead atoms. The second-order valence-corrected chi connectivity index (χ2v) is 6.94. The molecule has 134 valence electrons. The van der Waals surface area contributed by atoms with Crippen LogP contribution in [0.25, 0.3) is 10.9 Å². The van der Waals surface area contributed by atoms with Crippen molar-refractivity contribution in [3.63, 3.8) is 0 Å². The molecule has 26 heavy (non-hydrogen) atoms. The molecule has 6 nitrogen and oxygen atoms in total. The third kappa shape index (κ3) is 3.03. The molecule has 1 N–H and O–H groups in total. The number of fused-ring (bicyclic) bond motifs is 1. The monoisotopic (exact) mass is 350 g/mol. The molecule has 0 saturated carbocycles. The predicted molar refractivity (Wildman–Crippen MR) is 98.8 cm³/mol. The Bertz CT molecular complexity index is 956. The van der Waals surface area contributed by atoms with Crippen molar-refractivity contribution >= 4 is 22.6 Å². The molecule has 3 heterocycles. The number of rotatable bonds is 4. The number of benzene rings is 1.